The third-order valence-electron chi connectivity index (χ3n) is 7.88. The van der Waals surface area contributed by atoms with Gasteiger partial charge in [0, 0.05) is 11.0 Å². The molecule has 2 N–H and O–H groups in total. The minimum Gasteiger partial charge on any atom is -0.376 e. The zero-order valence-electron chi connectivity index (χ0n) is 30.7. The summed E-state index contributed by atoms with van der Waals surface area (Å²) in [4.78, 5) is -0.0119. The summed E-state index contributed by atoms with van der Waals surface area (Å²) in [5, 5.41) is 5.35. The second-order valence-electron chi connectivity index (χ2n) is 15.1. The van der Waals surface area contributed by atoms with Crippen molar-refractivity contribution in [3.63, 3.8) is 0 Å². The molecule has 0 saturated heterocycles. The molecule has 0 unspecified atom stereocenters. The molecule has 0 fully saturated rings. The molecule has 0 heterocycles. The van der Waals surface area contributed by atoms with E-state index in [9.17, 15) is 13.0 Å². The van der Waals surface area contributed by atoms with Crippen molar-refractivity contribution in [2.75, 3.05) is 13.2 Å². The Morgan fingerprint density at radius 1 is 0.596 bits per heavy atom. The van der Waals surface area contributed by atoms with Crippen LogP contribution in [-0.2, 0) is 64.8 Å². The van der Waals surface area contributed by atoms with Gasteiger partial charge in [0.05, 0.1) is 42.5 Å². The molecule has 4 aromatic rings. The van der Waals surface area contributed by atoms with E-state index in [0.29, 0.717) is 31.6 Å². The lowest BCUT2D eigenvalue weighted by Gasteiger charge is -2.36. The maximum Gasteiger partial charge on any atom is 0.405 e. The largest absolute Gasteiger partial charge is 0.405 e. The Morgan fingerprint density at radius 2 is 0.981 bits per heavy atom. The first-order valence-electron chi connectivity index (χ1n) is 17.0. The van der Waals surface area contributed by atoms with E-state index < -0.39 is 45.5 Å². The summed E-state index contributed by atoms with van der Waals surface area (Å²) in [5.41, 5.74) is -4.07. The molecular weight excluding hydrogens is 707 g/mol. The Morgan fingerprint density at radius 3 is 1.35 bits per heavy atom. The molecule has 0 spiro atoms. The van der Waals surface area contributed by atoms with Gasteiger partial charge in [-0.15, -0.1) is 0 Å². The molecule has 0 amide bonds. The fourth-order valence-corrected chi connectivity index (χ4v) is 8.42. The minimum atomic E-state index is -5.02. The molecule has 0 aliphatic carbocycles. The summed E-state index contributed by atoms with van der Waals surface area (Å²) >= 11 is 0. The summed E-state index contributed by atoms with van der Waals surface area (Å²) in [7, 11) is -8.92. The molecule has 0 aromatic heterocycles. The van der Waals surface area contributed by atoms with Crippen LogP contribution < -0.4 is 5.14 Å². The standard InChI is InChI=1S/C40H50F2NO7PS/c1-37(2,3)49-51(44,50-38(4,5)6)40(41,42)35-21-17-31(18-22-35)25-39(29-47-27-33-13-9-7-10-14-33,30-48-28-34-15-11-8-12-16-34)26-32-19-23-36(24-20-32)52(43,45)46/h7-24H,25-30H2,1-6H3,(H2,43,45,46). The number of primary sulfonamides is 1. The lowest BCUT2D eigenvalue weighted by Crippen LogP contribution is -2.37. The van der Waals surface area contributed by atoms with Crippen LogP contribution >= 0.6 is 7.60 Å². The van der Waals surface area contributed by atoms with Crippen molar-refractivity contribution in [2.24, 2.45) is 10.6 Å². The number of nitrogens with two attached hydrogens (primary N) is 1. The number of ether oxygens (including phenoxy) is 2. The fourth-order valence-electron chi connectivity index (χ4n) is 5.73. The fraction of sp³-hybridized carbons (Fsp3) is 0.400. The van der Waals surface area contributed by atoms with Gasteiger partial charge in [-0.1, -0.05) is 97.1 Å². The van der Waals surface area contributed by atoms with E-state index in [4.69, 9.17) is 23.7 Å². The molecule has 0 atom stereocenters. The number of alkyl halides is 2. The van der Waals surface area contributed by atoms with Crippen LogP contribution in [0.2, 0.25) is 0 Å². The molecule has 282 valence electrons. The van der Waals surface area contributed by atoms with Gasteiger partial charge >= 0.3 is 13.3 Å². The molecule has 12 heteroatoms. The summed E-state index contributed by atoms with van der Waals surface area (Å²) in [6.07, 6.45) is 0.738. The summed E-state index contributed by atoms with van der Waals surface area (Å²) in [6.45, 7) is 10.4. The van der Waals surface area contributed by atoms with Crippen LogP contribution in [0.25, 0.3) is 0 Å². The van der Waals surface area contributed by atoms with Gasteiger partial charge in [-0.25, -0.2) is 13.6 Å². The quantitative estimate of drug-likeness (QED) is 0.107. The van der Waals surface area contributed by atoms with E-state index >= 15 is 8.78 Å². The van der Waals surface area contributed by atoms with E-state index in [1.165, 1.54) is 24.3 Å². The van der Waals surface area contributed by atoms with Gasteiger partial charge in [0.2, 0.25) is 10.0 Å². The van der Waals surface area contributed by atoms with Crippen molar-refractivity contribution in [3.05, 3.63) is 137 Å². The molecule has 8 nitrogen and oxygen atoms in total. The van der Waals surface area contributed by atoms with Gasteiger partial charge < -0.3 is 9.47 Å². The zero-order chi connectivity index (χ0) is 38.3. The van der Waals surface area contributed by atoms with Gasteiger partial charge in [-0.3, -0.25) is 13.6 Å². The van der Waals surface area contributed by atoms with E-state index in [1.54, 1.807) is 65.8 Å². The lowest BCUT2D eigenvalue weighted by atomic mass is 9.77. The van der Waals surface area contributed by atoms with E-state index in [1.807, 2.05) is 60.7 Å². The second kappa shape index (κ2) is 16.8. The Bertz CT molecular complexity index is 1810. The van der Waals surface area contributed by atoms with E-state index in [2.05, 4.69) is 0 Å². The molecule has 0 aliphatic heterocycles. The molecule has 4 rings (SSSR count). The lowest BCUT2D eigenvalue weighted by molar-refractivity contribution is -0.0332. The minimum absolute atomic E-state index is 0.0119. The van der Waals surface area contributed by atoms with E-state index in [-0.39, 0.29) is 18.1 Å². The topological polar surface area (TPSA) is 114 Å². The van der Waals surface area contributed by atoms with Crippen LogP contribution in [0.15, 0.2) is 114 Å². The van der Waals surface area contributed by atoms with Crippen LogP contribution in [0.1, 0.15) is 69.4 Å². The Kier molecular flexibility index (Phi) is 13.4. The van der Waals surface area contributed by atoms with Gasteiger partial charge in [0.15, 0.2) is 0 Å². The van der Waals surface area contributed by atoms with Crippen molar-refractivity contribution in [1.29, 1.82) is 0 Å². The molecule has 0 saturated carbocycles. The van der Waals surface area contributed by atoms with Crippen LogP contribution in [-0.4, -0.2) is 32.8 Å². The van der Waals surface area contributed by atoms with Crippen LogP contribution in [0.4, 0.5) is 8.78 Å². The number of hydrogen-bond acceptors (Lipinski definition) is 7. The van der Waals surface area contributed by atoms with Gasteiger partial charge in [-0.2, -0.15) is 8.78 Å². The van der Waals surface area contributed by atoms with Crippen molar-refractivity contribution in [3.8, 4) is 0 Å². The summed E-state index contributed by atoms with van der Waals surface area (Å²) < 4.78 is 93.9. The first kappa shape index (κ1) is 41.5. The zero-order valence-corrected chi connectivity index (χ0v) is 32.4. The normalized spacial score (nSPS) is 13.3. The molecule has 0 radical (unpaired) electrons. The molecule has 52 heavy (non-hydrogen) atoms. The number of sulfonamides is 1. The monoisotopic (exact) mass is 757 g/mol. The van der Waals surface area contributed by atoms with Crippen molar-refractivity contribution >= 4 is 17.6 Å². The SMILES string of the molecule is CC(C)(C)OP(=O)(OC(C)(C)C)C(F)(F)c1ccc(CC(COCc2ccccc2)(COCc2ccccc2)Cc2ccc(S(N)(=O)=O)cc2)cc1. The van der Waals surface area contributed by atoms with Crippen molar-refractivity contribution in [2.45, 2.75) is 89.4 Å². The third-order valence-corrected chi connectivity index (χ3v) is 11.3. The van der Waals surface area contributed by atoms with Gasteiger partial charge in [0.1, 0.15) is 0 Å². The second-order valence-corrected chi connectivity index (χ2v) is 18.6. The maximum absolute atomic E-state index is 16.2. The molecule has 0 aliphatic rings. The molecule has 0 bridgehead atoms. The van der Waals surface area contributed by atoms with E-state index in [0.717, 1.165) is 16.7 Å². The first-order valence-corrected chi connectivity index (χ1v) is 20.1. The van der Waals surface area contributed by atoms with Gasteiger partial charge in [-0.05, 0) is 88.8 Å². The van der Waals surface area contributed by atoms with Crippen LogP contribution in [0.3, 0.4) is 0 Å². The summed E-state index contributed by atoms with van der Waals surface area (Å²) in [6, 6.07) is 31.4. The molecule has 4 aromatic carbocycles. The average molecular weight is 758 g/mol. The number of halogens is 2. The number of hydrogen-bond donors (Lipinski definition) is 1. The highest BCUT2D eigenvalue weighted by molar-refractivity contribution is 7.89. The smallest absolute Gasteiger partial charge is 0.376 e. The predicted molar refractivity (Wildman–Crippen MR) is 199 cm³/mol. The maximum atomic E-state index is 16.2. The number of rotatable bonds is 17. The Balaban J connectivity index is 1.70. The Labute approximate surface area is 307 Å². The van der Waals surface area contributed by atoms with Crippen LogP contribution in [0, 0.1) is 5.41 Å². The number of benzene rings is 4. The first-order chi connectivity index (χ1) is 24.2. The van der Waals surface area contributed by atoms with Crippen molar-refractivity contribution < 1.29 is 40.3 Å². The van der Waals surface area contributed by atoms with Crippen molar-refractivity contribution in [1.82, 2.24) is 0 Å². The third kappa shape index (κ3) is 12.1. The van der Waals surface area contributed by atoms with Crippen LogP contribution in [0.5, 0.6) is 0 Å². The predicted octanol–water partition coefficient (Wildman–Crippen LogP) is 9.41. The Hall–Kier alpha value is -3.28. The summed E-state index contributed by atoms with van der Waals surface area (Å²) in [5.74, 6) is 0. The average Bonchev–Trinajstić information content (AvgIpc) is 3.04. The highest BCUT2D eigenvalue weighted by atomic mass is 32.2. The highest BCUT2D eigenvalue weighted by Crippen LogP contribution is 2.69. The molecular formula is C40H50F2NO7PS. The highest BCUT2D eigenvalue weighted by Gasteiger charge is 2.58. The van der Waals surface area contributed by atoms with Gasteiger partial charge in [0.25, 0.3) is 0 Å².